The van der Waals surface area contributed by atoms with Gasteiger partial charge in [0.1, 0.15) is 12.2 Å². The molecule has 0 bridgehead atoms. The second kappa shape index (κ2) is 10.4. The molecule has 0 aromatic heterocycles. The number of halogens is 1. The summed E-state index contributed by atoms with van der Waals surface area (Å²) in [6.45, 7) is 2.23. The number of rotatable bonds is 6. The molecule has 0 unspecified atom stereocenters. The van der Waals surface area contributed by atoms with E-state index in [4.69, 9.17) is 10.00 Å². The minimum absolute atomic E-state index is 0.0169. The van der Waals surface area contributed by atoms with Gasteiger partial charge in [-0.2, -0.15) is 9.65 Å². The highest BCUT2D eigenvalue weighted by molar-refractivity contribution is 5.72. The SMILES string of the molecule is CCC[C@H]1CC[C@H](OC(=O)[C@H]2CC[C@H](C=CC=C(F)C#N)CC2)CC1. The van der Waals surface area contributed by atoms with Crippen molar-refractivity contribution in [3.05, 3.63) is 24.1 Å². The lowest BCUT2D eigenvalue weighted by Gasteiger charge is -2.31. The molecule has 0 spiro atoms. The average Bonchev–Trinajstić information content (AvgIpc) is 2.64. The minimum Gasteiger partial charge on any atom is -0.462 e. The molecule has 25 heavy (non-hydrogen) atoms. The maximum atomic E-state index is 12.7. The number of ether oxygens (including phenoxy) is 1. The van der Waals surface area contributed by atoms with E-state index >= 15 is 0 Å². The summed E-state index contributed by atoms with van der Waals surface area (Å²) >= 11 is 0. The Morgan fingerprint density at radius 1 is 1.16 bits per heavy atom. The van der Waals surface area contributed by atoms with Gasteiger partial charge < -0.3 is 4.74 Å². The first-order valence-corrected chi connectivity index (χ1v) is 9.77. The Bertz CT molecular complexity index is 519. The van der Waals surface area contributed by atoms with Crippen LogP contribution in [0.25, 0.3) is 0 Å². The normalized spacial score (nSPS) is 30.8. The van der Waals surface area contributed by atoms with E-state index in [0.29, 0.717) is 5.92 Å². The van der Waals surface area contributed by atoms with Crippen LogP contribution in [0.3, 0.4) is 0 Å². The quantitative estimate of drug-likeness (QED) is 0.355. The zero-order valence-corrected chi connectivity index (χ0v) is 15.3. The van der Waals surface area contributed by atoms with Crippen molar-refractivity contribution < 1.29 is 13.9 Å². The summed E-state index contributed by atoms with van der Waals surface area (Å²) in [5, 5.41) is 8.36. The first-order chi connectivity index (χ1) is 12.1. The van der Waals surface area contributed by atoms with E-state index in [2.05, 4.69) is 6.92 Å². The highest BCUT2D eigenvalue weighted by Crippen LogP contribution is 2.33. The summed E-state index contributed by atoms with van der Waals surface area (Å²) in [5.74, 6) is 0.404. The number of hydrogen-bond donors (Lipinski definition) is 0. The fourth-order valence-corrected chi connectivity index (χ4v) is 4.09. The van der Waals surface area contributed by atoms with Gasteiger partial charge in [-0.1, -0.05) is 31.9 Å². The average molecular weight is 347 g/mol. The van der Waals surface area contributed by atoms with Crippen molar-refractivity contribution in [3.63, 3.8) is 0 Å². The Morgan fingerprint density at radius 3 is 2.44 bits per heavy atom. The van der Waals surface area contributed by atoms with Crippen LogP contribution in [-0.4, -0.2) is 12.1 Å². The van der Waals surface area contributed by atoms with E-state index < -0.39 is 5.83 Å². The lowest BCUT2D eigenvalue weighted by Crippen LogP contribution is -2.30. The molecule has 0 atom stereocenters. The van der Waals surface area contributed by atoms with Crippen LogP contribution in [-0.2, 0) is 9.53 Å². The number of carbonyl (C=O) groups is 1. The fraction of sp³-hybridized carbons (Fsp3) is 0.714. The topological polar surface area (TPSA) is 50.1 Å². The first kappa shape index (κ1) is 19.7. The number of nitrogens with zero attached hydrogens (tertiary/aromatic N) is 1. The van der Waals surface area contributed by atoms with Crippen molar-refractivity contribution in [2.45, 2.75) is 77.2 Å². The molecule has 0 aliphatic heterocycles. The van der Waals surface area contributed by atoms with Gasteiger partial charge in [-0.05, 0) is 69.3 Å². The Morgan fingerprint density at radius 2 is 1.84 bits per heavy atom. The van der Waals surface area contributed by atoms with Crippen molar-refractivity contribution in [2.24, 2.45) is 17.8 Å². The van der Waals surface area contributed by atoms with E-state index in [1.54, 1.807) is 6.08 Å². The molecular weight excluding hydrogens is 317 g/mol. The lowest BCUT2D eigenvalue weighted by molar-refractivity contribution is -0.157. The molecule has 2 fully saturated rings. The lowest BCUT2D eigenvalue weighted by atomic mass is 9.81. The predicted molar refractivity (Wildman–Crippen MR) is 96.1 cm³/mol. The van der Waals surface area contributed by atoms with Crippen molar-refractivity contribution >= 4 is 5.97 Å². The monoisotopic (exact) mass is 347 g/mol. The van der Waals surface area contributed by atoms with E-state index in [9.17, 15) is 9.18 Å². The standard InChI is InChI=1S/C21H30FNO2/c1-2-4-16-9-13-20(14-10-16)25-21(24)18-11-7-17(8-12-18)5-3-6-19(22)15-23/h3,5-6,16-18,20H,2,4,7-14H2,1H3/t16-,17-,18-,20-. The third kappa shape index (κ3) is 6.65. The Labute approximate surface area is 150 Å². The second-order valence-corrected chi connectivity index (χ2v) is 7.49. The van der Waals surface area contributed by atoms with Gasteiger partial charge in [-0.25, -0.2) is 0 Å². The smallest absolute Gasteiger partial charge is 0.309 e. The molecule has 2 aliphatic carbocycles. The molecule has 2 saturated carbocycles. The van der Waals surface area contributed by atoms with Crippen LogP contribution in [0.15, 0.2) is 24.1 Å². The molecule has 0 aromatic carbocycles. The summed E-state index contributed by atoms with van der Waals surface area (Å²) in [6.07, 6.45) is 15.3. The minimum atomic E-state index is -0.776. The zero-order chi connectivity index (χ0) is 18.1. The summed E-state index contributed by atoms with van der Waals surface area (Å²) in [4.78, 5) is 12.4. The van der Waals surface area contributed by atoms with Gasteiger partial charge in [-0.15, -0.1) is 0 Å². The van der Waals surface area contributed by atoms with Crippen LogP contribution in [0.1, 0.15) is 71.1 Å². The second-order valence-electron chi connectivity index (χ2n) is 7.49. The van der Waals surface area contributed by atoms with E-state index in [-0.39, 0.29) is 18.0 Å². The summed E-state index contributed by atoms with van der Waals surface area (Å²) in [6, 6.07) is 1.46. The Hall–Kier alpha value is -1.63. The van der Waals surface area contributed by atoms with E-state index in [1.165, 1.54) is 37.8 Å². The van der Waals surface area contributed by atoms with Crippen molar-refractivity contribution in [3.8, 4) is 6.07 Å². The van der Waals surface area contributed by atoms with Crippen molar-refractivity contribution in [1.29, 1.82) is 5.26 Å². The molecule has 138 valence electrons. The number of hydrogen-bond acceptors (Lipinski definition) is 3. The summed E-state index contributed by atoms with van der Waals surface area (Å²) in [5.41, 5.74) is 0. The first-order valence-electron chi connectivity index (χ1n) is 9.77. The molecule has 4 heteroatoms. The molecule has 0 amide bonds. The highest BCUT2D eigenvalue weighted by atomic mass is 19.1. The molecule has 2 rings (SSSR count). The summed E-state index contributed by atoms with van der Waals surface area (Å²) in [7, 11) is 0. The third-order valence-electron chi connectivity index (χ3n) is 5.61. The molecular formula is C21H30FNO2. The van der Waals surface area contributed by atoms with Gasteiger partial charge in [0.2, 0.25) is 0 Å². The maximum Gasteiger partial charge on any atom is 0.309 e. The Kier molecular flexibility index (Phi) is 8.18. The molecule has 2 aliphatic rings. The largest absolute Gasteiger partial charge is 0.462 e. The molecule has 0 saturated heterocycles. The molecule has 0 N–H and O–H groups in total. The van der Waals surface area contributed by atoms with Crippen LogP contribution >= 0.6 is 0 Å². The predicted octanol–water partition coefficient (Wildman–Crippen LogP) is 5.63. The molecule has 0 aromatic rings. The van der Waals surface area contributed by atoms with Gasteiger partial charge in [0.05, 0.1) is 5.92 Å². The van der Waals surface area contributed by atoms with Crippen molar-refractivity contribution in [2.75, 3.05) is 0 Å². The van der Waals surface area contributed by atoms with E-state index in [1.807, 2.05) is 6.08 Å². The van der Waals surface area contributed by atoms with Crippen LogP contribution in [0.5, 0.6) is 0 Å². The number of carbonyl (C=O) groups excluding carboxylic acids is 1. The van der Waals surface area contributed by atoms with Crippen LogP contribution in [0, 0.1) is 29.1 Å². The molecule has 3 nitrogen and oxygen atoms in total. The third-order valence-corrected chi connectivity index (χ3v) is 5.61. The van der Waals surface area contributed by atoms with Gasteiger partial charge in [-0.3, -0.25) is 4.79 Å². The van der Waals surface area contributed by atoms with Gasteiger partial charge >= 0.3 is 5.97 Å². The van der Waals surface area contributed by atoms with Crippen LogP contribution in [0.4, 0.5) is 4.39 Å². The molecule has 0 heterocycles. The highest BCUT2D eigenvalue weighted by Gasteiger charge is 2.29. The van der Waals surface area contributed by atoms with Crippen LogP contribution in [0.2, 0.25) is 0 Å². The van der Waals surface area contributed by atoms with Crippen LogP contribution < -0.4 is 0 Å². The van der Waals surface area contributed by atoms with E-state index in [0.717, 1.165) is 44.4 Å². The van der Waals surface area contributed by atoms with Gasteiger partial charge in [0, 0.05) is 0 Å². The number of esters is 1. The van der Waals surface area contributed by atoms with Gasteiger partial charge in [0.15, 0.2) is 5.83 Å². The summed E-state index contributed by atoms with van der Waals surface area (Å²) < 4.78 is 18.5. The van der Waals surface area contributed by atoms with Crippen molar-refractivity contribution in [1.82, 2.24) is 0 Å². The maximum absolute atomic E-state index is 12.7. The molecule has 0 radical (unpaired) electrons. The number of nitriles is 1. The number of allylic oxidation sites excluding steroid dienone is 4. The fourth-order valence-electron chi connectivity index (χ4n) is 4.09. The zero-order valence-electron chi connectivity index (χ0n) is 15.3. The Balaban J connectivity index is 1.69. The van der Waals surface area contributed by atoms with Gasteiger partial charge in [0.25, 0.3) is 0 Å².